The van der Waals surface area contributed by atoms with Gasteiger partial charge in [0.15, 0.2) is 9.84 Å². The third-order valence-electron chi connectivity index (χ3n) is 2.49. The number of hydrogen-bond acceptors (Lipinski definition) is 4. The first kappa shape index (κ1) is 16.2. The number of alkyl halides is 2. The summed E-state index contributed by atoms with van der Waals surface area (Å²) in [6.45, 7) is 1.48. The lowest BCUT2D eigenvalue weighted by molar-refractivity contribution is -0.135. The van der Waals surface area contributed by atoms with Crippen molar-refractivity contribution in [3.05, 3.63) is 0 Å². The van der Waals surface area contributed by atoms with Gasteiger partial charge in [0.05, 0.1) is 6.54 Å². The number of sulfone groups is 1. The number of carbonyl (C=O) groups excluding carboxylic acids is 1. The Morgan fingerprint density at radius 3 is 2.18 bits per heavy atom. The zero-order valence-electron chi connectivity index (χ0n) is 10.1. The minimum absolute atomic E-state index is 0.00168. The first-order valence-corrected chi connectivity index (χ1v) is 6.90. The molecule has 2 N–H and O–H groups in total. The molecule has 0 saturated heterocycles. The van der Waals surface area contributed by atoms with Crippen molar-refractivity contribution < 1.29 is 22.0 Å². The maximum absolute atomic E-state index is 12.3. The fourth-order valence-electron chi connectivity index (χ4n) is 1.14. The smallest absolute Gasteiger partial charge is 0.255 e. The lowest BCUT2D eigenvalue weighted by Gasteiger charge is -2.30. The Kier molecular flexibility index (Phi) is 5.47. The number of hydrogen-bond donors (Lipinski definition) is 1. The molecule has 0 aliphatic carbocycles. The van der Waals surface area contributed by atoms with Crippen molar-refractivity contribution in [1.82, 2.24) is 4.90 Å². The summed E-state index contributed by atoms with van der Waals surface area (Å²) in [7, 11) is -3.68. The highest BCUT2D eigenvalue weighted by Crippen LogP contribution is 2.19. The summed E-state index contributed by atoms with van der Waals surface area (Å²) in [5.74, 6) is -0.856. The topological polar surface area (TPSA) is 80.5 Å². The van der Waals surface area contributed by atoms with E-state index in [0.717, 1.165) is 11.2 Å². The number of nitrogens with zero attached hydrogens (tertiary/aromatic N) is 1. The summed E-state index contributed by atoms with van der Waals surface area (Å²) < 4.78 is 45.7. The molecule has 0 aliphatic rings. The van der Waals surface area contributed by atoms with Crippen LogP contribution in [0.25, 0.3) is 0 Å². The molecule has 0 heterocycles. The van der Waals surface area contributed by atoms with Crippen LogP contribution in [-0.2, 0) is 14.6 Å². The second-order valence-corrected chi connectivity index (χ2v) is 6.78. The Balaban J connectivity index is 5.08. The largest absolute Gasteiger partial charge is 0.334 e. The molecule has 0 spiro atoms. The van der Waals surface area contributed by atoms with E-state index in [9.17, 15) is 22.0 Å². The van der Waals surface area contributed by atoms with E-state index in [1.165, 1.54) is 13.8 Å². The van der Waals surface area contributed by atoms with Crippen molar-refractivity contribution in [2.75, 3.05) is 25.9 Å². The molecule has 0 atom stereocenters. The van der Waals surface area contributed by atoms with E-state index >= 15 is 0 Å². The van der Waals surface area contributed by atoms with E-state index in [1.54, 1.807) is 0 Å². The highest BCUT2D eigenvalue weighted by molar-refractivity contribution is 7.92. The Bertz CT molecular complexity index is 368. The van der Waals surface area contributed by atoms with Crippen LogP contribution < -0.4 is 5.73 Å². The monoisotopic (exact) mass is 272 g/mol. The molecule has 17 heavy (non-hydrogen) atoms. The summed E-state index contributed by atoms with van der Waals surface area (Å²) in [5.41, 5.74) is 5.21. The number of halogens is 2. The van der Waals surface area contributed by atoms with E-state index in [1.807, 2.05) is 0 Å². The van der Waals surface area contributed by atoms with Gasteiger partial charge in [0.1, 0.15) is 4.75 Å². The summed E-state index contributed by atoms with van der Waals surface area (Å²) in [6, 6.07) is 0. The molecule has 0 saturated carbocycles. The van der Waals surface area contributed by atoms with Crippen LogP contribution in [0, 0.1) is 0 Å². The van der Waals surface area contributed by atoms with Gasteiger partial charge in [-0.2, -0.15) is 0 Å². The van der Waals surface area contributed by atoms with Gasteiger partial charge in [0.25, 0.3) is 6.43 Å². The molecule has 1 amide bonds. The predicted molar refractivity (Wildman–Crippen MR) is 60.6 cm³/mol. The normalized spacial score (nSPS) is 12.9. The van der Waals surface area contributed by atoms with E-state index in [4.69, 9.17) is 5.73 Å². The highest BCUT2D eigenvalue weighted by atomic mass is 32.2. The summed E-state index contributed by atoms with van der Waals surface area (Å²) in [4.78, 5) is 12.7. The minimum atomic E-state index is -3.68. The standard InChI is InChI=1S/C9H18F2N2O3S/c1-9(2,17(3,15)16)8(14)13(5-4-12)6-7(10)11/h7H,4-6,12H2,1-3H3. The lowest BCUT2D eigenvalue weighted by atomic mass is 10.1. The van der Waals surface area contributed by atoms with Crippen LogP contribution in [0.1, 0.15) is 13.8 Å². The SMILES string of the molecule is CC(C)(C(=O)N(CCN)CC(F)F)S(C)(=O)=O. The van der Waals surface area contributed by atoms with Crippen LogP contribution >= 0.6 is 0 Å². The average molecular weight is 272 g/mol. The van der Waals surface area contributed by atoms with Gasteiger partial charge < -0.3 is 10.6 Å². The van der Waals surface area contributed by atoms with Crippen LogP contribution in [-0.4, -0.2) is 56.3 Å². The molecule has 102 valence electrons. The zero-order chi connectivity index (χ0) is 13.9. The number of carbonyl (C=O) groups is 1. The van der Waals surface area contributed by atoms with E-state index in [2.05, 4.69) is 0 Å². The van der Waals surface area contributed by atoms with Crippen LogP contribution in [0.5, 0.6) is 0 Å². The third-order valence-corrected chi connectivity index (χ3v) is 4.52. The van der Waals surface area contributed by atoms with Gasteiger partial charge in [-0.25, -0.2) is 17.2 Å². The molecule has 0 unspecified atom stereocenters. The predicted octanol–water partition coefficient (Wildman–Crippen LogP) is -0.138. The summed E-state index contributed by atoms with van der Waals surface area (Å²) in [5, 5.41) is 0. The summed E-state index contributed by atoms with van der Waals surface area (Å²) >= 11 is 0. The van der Waals surface area contributed by atoms with E-state index in [-0.39, 0.29) is 13.1 Å². The Morgan fingerprint density at radius 1 is 1.41 bits per heavy atom. The molecule has 0 aromatic carbocycles. The quantitative estimate of drug-likeness (QED) is 0.730. The third kappa shape index (κ3) is 4.19. The zero-order valence-corrected chi connectivity index (χ0v) is 10.9. The van der Waals surface area contributed by atoms with Crippen LogP contribution in [0.4, 0.5) is 8.78 Å². The molecule has 0 fully saturated rings. The lowest BCUT2D eigenvalue weighted by Crippen LogP contribution is -2.52. The number of amides is 1. The van der Waals surface area contributed by atoms with Gasteiger partial charge in [-0.3, -0.25) is 4.79 Å². The molecular formula is C9H18F2N2O3S. The average Bonchev–Trinajstić information content (AvgIpc) is 2.13. The Hall–Kier alpha value is -0.760. The molecular weight excluding hydrogens is 254 g/mol. The molecule has 0 rings (SSSR count). The highest BCUT2D eigenvalue weighted by Gasteiger charge is 2.41. The van der Waals surface area contributed by atoms with Gasteiger partial charge in [-0.1, -0.05) is 0 Å². The molecule has 0 aromatic rings. The molecule has 0 aromatic heterocycles. The van der Waals surface area contributed by atoms with Crippen molar-refractivity contribution in [3.63, 3.8) is 0 Å². The minimum Gasteiger partial charge on any atom is -0.334 e. The van der Waals surface area contributed by atoms with Gasteiger partial charge in [0, 0.05) is 19.3 Å². The maximum atomic E-state index is 12.3. The first-order valence-electron chi connectivity index (χ1n) is 5.01. The first-order chi connectivity index (χ1) is 7.54. The Morgan fingerprint density at radius 2 is 1.88 bits per heavy atom. The second kappa shape index (κ2) is 5.72. The van der Waals surface area contributed by atoms with Crippen molar-refractivity contribution in [3.8, 4) is 0 Å². The van der Waals surface area contributed by atoms with Gasteiger partial charge in [-0.05, 0) is 13.8 Å². The summed E-state index contributed by atoms with van der Waals surface area (Å²) in [6.07, 6.45) is -1.82. The number of rotatable bonds is 6. The maximum Gasteiger partial charge on any atom is 0.255 e. The second-order valence-electron chi connectivity index (χ2n) is 4.21. The molecule has 0 bridgehead atoms. The van der Waals surface area contributed by atoms with Crippen molar-refractivity contribution in [2.24, 2.45) is 5.73 Å². The molecule has 5 nitrogen and oxygen atoms in total. The number of nitrogens with two attached hydrogens (primary N) is 1. The van der Waals surface area contributed by atoms with Crippen LogP contribution in [0.2, 0.25) is 0 Å². The van der Waals surface area contributed by atoms with Crippen molar-refractivity contribution >= 4 is 15.7 Å². The van der Waals surface area contributed by atoms with Crippen LogP contribution in [0.3, 0.4) is 0 Å². The van der Waals surface area contributed by atoms with E-state index < -0.39 is 33.5 Å². The molecule has 0 aliphatic heterocycles. The van der Waals surface area contributed by atoms with E-state index in [0.29, 0.717) is 0 Å². The molecule has 0 radical (unpaired) electrons. The van der Waals surface area contributed by atoms with Crippen LogP contribution in [0.15, 0.2) is 0 Å². The fourth-order valence-corrected chi connectivity index (χ4v) is 1.58. The Labute approximate surface area is 99.9 Å². The van der Waals surface area contributed by atoms with Gasteiger partial charge >= 0.3 is 0 Å². The van der Waals surface area contributed by atoms with Crippen molar-refractivity contribution in [1.29, 1.82) is 0 Å². The van der Waals surface area contributed by atoms with Gasteiger partial charge in [-0.15, -0.1) is 0 Å². The fraction of sp³-hybridized carbons (Fsp3) is 0.889. The molecule has 8 heteroatoms. The van der Waals surface area contributed by atoms with Gasteiger partial charge in [0.2, 0.25) is 5.91 Å². The van der Waals surface area contributed by atoms with Crippen molar-refractivity contribution in [2.45, 2.75) is 25.0 Å².